The van der Waals surface area contributed by atoms with Gasteiger partial charge in [0, 0.05) is 26.1 Å². The number of aliphatic carboxylic acids is 1. The highest BCUT2D eigenvalue weighted by Gasteiger charge is 2.06. The Balaban J connectivity index is 3.48. The maximum absolute atomic E-state index is 11.1. The number of carboxylic acid groups (broad SMARTS) is 1. The maximum Gasteiger partial charge on any atom is 0.314 e. The van der Waals surface area contributed by atoms with Crippen LogP contribution in [0, 0.1) is 5.92 Å². The lowest BCUT2D eigenvalue weighted by Gasteiger charge is -2.11. The van der Waals surface area contributed by atoms with Gasteiger partial charge in [0.05, 0.1) is 0 Å². The van der Waals surface area contributed by atoms with Gasteiger partial charge in [-0.25, -0.2) is 4.79 Å². The monoisotopic (exact) mass is 217 g/mol. The van der Waals surface area contributed by atoms with E-state index in [1.807, 2.05) is 6.92 Å². The number of carbonyl (C=O) groups excluding carboxylic acids is 1. The molecule has 0 spiro atoms. The molecule has 6 heteroatoms. The number of carboxylic acids is 1. The van der Waals surface area contributed by atoms with Crippen molar-refractivity contribution < 1.29 is 14.7 Å². The summed E-state index contributed by atoms with van der Waals surface area (Å²) in [6.07, 6.45) is 0.694. The lowest BCUT2D eigenvalue weighted by Crippen LogP contribution is -2.40. The molecular formula is C9H19N3O3. The summed E-state index contributed by atoms with van der Waals surface area (Å²) in [5, 5.41) is 13.6. The third-order valence-electron chi connectivity index (χ3n) is 1.89. The summed E-state index contributed by atoms with van der Waals surface area (Å²) in [7, 11) is 0. The zero-order valence-electron chi connectivity index (χ0n) is 8.95. The van der Waals surface area contributed by atoms with Gasteiger partial charge in [-0.05, 0) is 12.3 Å². The van der Waals surface area contributed by atoms with Crippen molar-refractivity contribution in [1.82, 2.24) is 10.6 Å². The fourth-order valence-electron chi connectivity index (χ4n) is 0.987. The van der Waals surface area contributed by atoms with Crippen molar-refractivity contribution >= 4 is 12.0 Å². The number of rotatable bonds is 7. The molecule has 0 aliphatic rings. The van der Waals surface area contributed by atoms with Crippen molar-refractivity contribution in [3.8, 4) is 0 Å². The molecule has 0 bridgehead atoms. The minimum atomic E-state index is -0.811. The average molecular weight is 217 g/mol. The van der Waals surface area contributed by atoms with Crippen LogP contribution in [0.1, 0.15) is 19.8 Å². The highest BCUT2D eigenvalue weighted by molar-refractivity contribution is 5.73. The first-order chi connectivity index (χ1) is 7.06. The molecule has 0 saturated carbocycles. The molecule has 0 saturated heterocycles. The second kappa shape index (κ2) is 8.05. The quantitative estimate of drug-likeness (QED) is 0.471. The molecule has 1 atom stereocenters. The van der Waals surface area contributed by atoms with Crippen LogP contribution in [-0.4, -0.2) is 36.7 Å². The van der Waals surface area contributed by atoms with Crippen molar-refractivity contribution in [3.63, 3.8) is 0 Å². The first-order valence-electron chi connectivity index (χ1n) is 4.99. The molecule has 0 rings (SSSR count). The molecule has 5 N–H and O–H groups in total. The predicted octanol–water partition coefficient (Wildman–Crippen LogP) is -0.255. The number of urea groups is 1. The Kier molecular flexibility index (Phi) is 7.35. The van der Waals surface area contributed by atoms with E-state index in [1.165, 1.54) is 0 Å². The van der Waals surface area contributed by atoms with Gasteiger partial charge in [0.2, 0.25) is 0 Å². The van der Waals surface area contributed by atoms with Crippen LogP contribution in [0.3, 0.4) is 0 Å². The zero-order chi connectivity index (χ0) is 11.7. The molecule has 0 aliphatic carbocycles. The Hall–Kier alpha value is -1.30. The van der Waals surface area contributed by atoms with Crippen LogP contribution < -0.4 is 16.4 Å². The van der Waals surface area contributed by atoms with Crippen LogP contribution in [0.15, 0.2) is 0 Å². The predicted molar refractivity (Wildman–Crippen MR) is 56.5 cm³/mol. The summed E-state index contributed by atoms with van der Waals surface area (Å²) in [5.74, 6) is -0.654. The molecular weight excluding hydrogens is 198 g/mol. The van der Waals surface area contributed by atoms with Crippen molar-refractivity contribution in [2.45, 2.75) is 19.8 Å². The van der Waals surface area contributed by atoms with Gasteiger partial charge >= 0.3 is 12.0 Å². The van der Waals surface area contributed by atoms with Crippen molar-refractivity contribution in [1.29, 1.82) is 0 Å². The Morgan fingerprint density at radius 2 is 2.07 bits per heavy atom. The van der Waals surface area contributed by atoms with E-state index in [-0.39, 0.29) is 18.4 Å². The molecule has 2 amide bonds. The smallest absolute Gasteiger partial charge is 0.314 e. The molecule has 0 aromatic carbocycles. The maximum atomic E-state index is 11.1. The van der Waals surface area contributed by atoms with Crippen molar-refractivity contribution in [2.75, 3.05) is 19.6 Å². The molecule has 0 heterocycles. The van der Waals surface area contributed by atoms with E-state index in [0.29, 0.717) is 26.1 Å². The lowest BCUT2D eigenvalue weighted by atomic mass is 10.1. The minimum Gasteiger partial charge on any atom is -0.481 e. The zero-order valence-corrected chi connectivity index (χ0v) is 8.95. The molecule has 0 radical (unpaired) electrons. The summed E-state index contributed by atoms with van der Waals surface area (Å²) in [5.41, 5.74) is 5.21. The second-order valence-electron chi connectivity index (χ2n) is 3.46. The van der Waals surface area contributed by atoms with Gasteiger partial charge in [-0.2, -0.15) is 0 Å². The third kappa shape index (κ3) is 9.01. The number of nitrogens with one attached hydrogen (secondary N) is 2. The number of hydrogen-bond donors (Lipinski definition) is 4. The highest BCUT2D eigenvalue weighted by Crippen LogP contribution is 2.03. The van der Waals surface area contributed by atoms with E-state index in [0.717, 1.165) is 0 Å². The van der Waals surface area contributed by atoms with Gasteiger partial charge in [0.25, 0.3) is 0 Å². The molecule has 88 valence electrons. The lowest BCUT2D eigenvalue weighted by molar-refractivity contribution is -0.137. The van der Waals surface area contributed by atoms with Gasteiger partial charge < -0.3 is 21.5 Å². The van der Waals surface area contributed by atoms with Crippen LogP contribution >= 0.6 is 0 Å². The van der Waals surface area contributed by atoms with Crippen LogP contribution in [0.5, 0.6) is 0 Å². The number of carbonyl (C=O) groups is 2. The standard InChI is InChI=1S/C9H19N3O3/c1-7(2-3-8(13)14)6-12-9(15)11-5-4-10/h7H,2-6,10H2,1H3,(H,13,14)(H2,11,12,15). The fraction of sp³-hybridized carbons (Fsp3) is 0.778. The van der Waals surface area contributed by atoms with Gasteiger partial charge in [-0.1, -0.05) is 6.92 Å². The van der Waals surface area contributed by atoms with E-state index in [4.69, 9.17) is 10.8 Å². The van der Waals surface area contributed by atoms with E-state index in [1.54, 1.807) is 0 Å². The summed E-state index contributed by atoms with van der Waals surface area (Å²) < 4.78 is 0. The molecule has 6 nitrogen and oxygen atoms in total. The van der Waals surface area contributed by atoms with Crippen molar-refractivity contribution in [2.24, 2.45) is 11.7 Å². The molecule has 0 aliphatic heterocycles. The normalized spacial score (nSPS) is 11.9. The fourth-order valence-corrected chi connectivity index (χ4v) is 0.987. The number of amides is 2. The second-order valence-corrected chi connectivity index (χ2v) is 3.46. The summed E-state index contributed by atoms with van der Waals surface area (Å²) >= 11 is 0. The van der Waals surface area contributed by atoms with Gasteiger partial charge in [-0.15, -0.1) is 0 Å². The largest absolute Gasteiger partial charge is 0.481 e. The Bertz CT molecular complexity index is 209. The van der Waals surface area contributed by atoms with Gasteiger partial charge in [0.1, 0.15) is 0 Å². The van der Waals surface area contributed by atoms with E-state index >= 15 is 0 Å². The Morgan fingerprint density at radius 1 is 1.40 bits per heavy atom. The highest BCUT2D eigenvalue weighted by atomic mass is 16.4. The summed E-state index contributed by atoms with van der Waals surface area (Å²) in [6, 6.07) is -0.261. The molecule has 0 aromatic heterocycles. The average Bonchev–Trinajstić information content (AvgIpc) is 2.20. The third-order valence-corrected chi connectivity index (χ3v) is 1.89. The molecule has 0 fully saturated rings. The van der Waals surface area contributed by atoms with Crippen molar-refractivity contribution in [3.05, 3.63) is 0 Å². The van der Waals surface area contributed by atoms with E-state index in [9.17, 15) is 9.59 Å². The Morgan fingerprint density at radius 3 is 2.60 bits per heavy atom. The first-order valence-corrected chi connectivity index (χ1v) is 4.99. The Labute approximate surface area is 89.2 Å². The van der Waals surface area contributed by atoms with Crippen LogP contribution in [0.2, 0.25) is 0 Å². The van der Waals surface area contributed by atoms with Gasteiger partial charge in [-0.3, -0.25) is 4.79 Å². The number of nitrogens with two attached hydrogens (primary N) is 1. The molecule has 0 aromatic rings. The van der Waals surface area contributed by atoms with E-state index < -0.39 is 5.97 Å². The molecule has 1 unspecified atom stereocenters. The van der Waals surface area contributed by atoms with Crippen LogP contribution in [0.25, 0.3) is 0 Å². The van der Waals surface area contributed by atoms with Gasteiger partial charge in [0.15, 0.2) is 0 Å². The minimum absolute atomic E-state index is 0.132. The topological polar surface area (TPSA) is 104 Å². The molecule has 15 heavy (non-hydrogen) atoms. The SMILES string of the molecule is CC(CCC(=O)O)CNC(=O)NCCN. The van der Waals surface area contributed by atoms with E-state index in [2.05, 4.69) is 10.6 Å². The van der Waals surface area contributed by atoms with Crippen LogP contribution in [0.4, 0.5) is 4.79 Å². The summed E-state index contributed by atoms with van der Waals surface area (Å²) in [4.78, 5) is 21.3. The summed E-state index contributed by atoms with van der Waals surface area (Å²) in [6.45, 7) is 3.22. The van der Waals surface area contributed by atoms with Crippen LogP contribution in [-0.2, 0) is 4.79 Å². The first kappa shape index (κ1) is 13.7. The number of hydrogen-bond acceptors (Lipinski definition) is 3.